The van der Waals surface area contributed by atoms with Gasteiger partial charge >= 0.3 is 0 Å². The number of para-hydroxylation sites is 8. The Kier molecular flexibility index (Phi) is 15.4. The lowest BCUT2D eigenvalue weighted by molar-refractivity contribution is 0.590. The Morgan fingerprint density at radius 3 is 0.687 bits per heavy atom. The zero-order valence-corrected chi connectivity index (χ0v) is 82.2. The Labute approximate surface area is 878 Å². The molecule has 0 saturated carbocycles. The van der Waals surface area contributed by atoms with Crippen LogP contribution in [0.1, 0.15) is 102 Å². The van der Waals surface area contributed by atoms with E-state index in [1.807, 2.05) is 334 Å². The van der Waals surface area contributed by atoms with Crippen LogP contribution < -0.4 is 26.2 Å². The number of nitrogens with zero attached hydrogens (tertiary/aromatic N) is 8. The molecular weight excluding hydrogens is 1780 g/mol. The van der Waals surface area contributed by atoms with Crippen LogP contribution in [0.5, 0.6) is 0 Å². The van der Waals surface area contributed by atoms with E-state index in [9.17, 15) is 23.3 Å². The molecular formula is C138H103BN8. The average Bonchev–Trinajstić information content (AvgIpc) is 0.983. The summed E-state index contributed by atoms with van der Waals surface area (Å²) in [4.78, 5) is 4.07. The molecule has 8 heterocycles. The minimum Gasteiger partial charge on any atom is -0.310 e. The van der Waals surface area contributed by atoms with E-state index in [0.717, 1.165) is 76.5 Å². The van der Waals surface area contributed by atoms with E-state index in [2.05, 4.69) is 98.7 Å². The number of aromatic nitrogens is 6. The van der Waals surface area contributed by atoms with Crippen molar-refractivity contribution in [2.75, 3.05) is 9.80 Å². The number of hydrogen-bond acceptors (Lipinski definition) is 2. The average molecular weight is 1900 g/mol. The van der Waals surface area contributed by atoms with Crippen molar-refractivity contribution < 1.29 is 23.3 Å². The smallest absolute Gasteiger partial charge is 0.252 e. The number of anilines is 6. The fraction of sp³-hybridized carbons (Fsp3) is 0.0870. The van der Waals surface area contributed by atoms with Gasteiger partial charge in [-0.25, -0.2) is 0 Å². The molecule has 2 aliphatic heterocycles. The number of rotatable bonds is 12. The van der Waals surface area contributed by atoms with Crippen LogP contribution in [-0.4, -0.2) is 34.1 Å². The summed E-state index contributed by atoms with van der Waals surface area (Å²) in [6, 6.07) is 108. The van der Waals surface area contributed by atoms with Crippen LogP contribution in [-0.2, 0) is 16.2 Å². The summed E-state index contributed by atoms with van der Waals surface area (Å²) in [6.45, 7) is 17.6. The monoisotopic (exact) mass is 1900 g/mol. The first-order valence-electron chi connectivity index (χ1n) is 58.8. The molecule has 147 heavy (non-hydrogen) atoms. The van der Waals surface area contributed by atoms with Crippen molar-refractivity contribution in [2.24, 2.45) is 0 Å². The molecule has 29 rings (SSSR count). The maximum absolute atomic E-state index is 12.6. The van der Waals surface area contributed by atoms with Crippen LogP contribution in [0.25, 0.3) is 209 Å². The predicted octanol–water partition coefficient (Wildman–Crippen LogP) is 34.9. The van der Waals surface area contributed by atoms with Crippen molar-refractivity contribution in [3.05, 3.63) is 477 Å². The third kappa shape index (κ3) is 13.1. The van der Waals surface area contributed by atoms with Gasteiger partial charge in [-0.3, -0.25) is 0 Å². The molecule has 0 bridgehead atoms. The summed E-state index contributed by atoms with van der Waals surface area (Å²) >= 11 is 0. The van der Waals surface area contributed by atoms with Gasteiger partial charge in [-0.1, -0.05) is 341 Å². The lowest BCUT2D eigenvalue weighted by Crippen LogP contribution is -2.61. The summed E-state index contributed by atoms with van der Waals surface area (Å²) in [5, 5.41) is 6.43. The van der Waals surface area contributed by atoms with Crippen LogP contribution in [0.2, 0.25) is 0 Å². The standard InChI is InChI=1S/C138H103BN8/c1-136(2,3)90-74-107(86-38-14-10-15-39-86)134(108(75-90)87-40-16-11-17-41-87)146-129-84-97(144-125-70-64-93(140-117-54-30-22-46-99(117)100-47-23-31-55-118(100)140)80-111(125)112-81-94(65-71-126(112)144)141-119-56-32-24-48-101(119)102-49-25-33-57-120(102)141)62-68-115(129)139-116-69-63-98(85-130(116)147(132-79-92(138(7,8)9)78-131(146)133(132)139)135-109(88-42-18-12-19-43-88)76-91(137(4,5)6)77-110(135)89-44-20-13-21-45-89)145-127-72-66-95(142-121-58-34-26-50-103(121)104-51-27-35-59-122(104)142)82-113(127)114-83-96(67-73-128(114)145)143-123-60-36-28-52-105(123)106-53-29-37-61-124(106)143/h10-85H,1-9H3/i62D,63D,64D,65D,66D,67D,68D,69D,70D,71D,72D,73D,80D,81D,82D,84D,85D. The number of fused-ring (bicyclic) bond motifs is 22. The minimum absolute atomic E-state index is 0.0209. The number of hydrogen-bond donors (Lipinski definition) is 0. The highest BCUT2D eigenvalue weighted by Gasteiger charge is 2.47. The van der Waals surface area contributed by atoms with Crippen molar-refractivity contribution in [2.45, 2.75) is 78.6 Å². The van der Waals surface area contributed by atoms with Gasteiger partial charge in [-0.15, -0.1) is 0 Å². The molecule has 6 aromatic heterocycles. The van der Waals surface area contributed by atoms with Crippen molar-refractivity contribution in [3.63, 3.8) is 0 Å². The summed E-state index contributed by atoms with van der Waals surface area (Å²) in [7, 11) is 0. The summed E-state index contributed by atoms with van der Waals surface area (Å²) in [5.41, 5.74) is 11.2. The van der Waals surface area contributed by atoms with E-state index in [-0.39, 0.29) is 119 Å². The van der Waals surface area contributed by atoms with E-state index < -0.39 is 107 Å². The van der Waals surface area contributed by atoms with Gasteiger partial charge in [-0.05, 0) is 253 Å². The highest BCUT2D eigenvalue weighted by molar-refractivity contribution is 7.00. The topological polar surface area (TPSA) is 36.1 Å². The van der Waals surface area contributed by atoms with E-state index in [1.54, 1.807) is 15.2 Å². The Morgan fingerprint density at radius 1 is 0.190 bits per heavy atom. The van der Waals surface area contributed by atoms with Crippen molar-refractivity contribution in [3.8, 4) is 78.6 Å². The molecule has 0 amide bonds. The van der Waals surface area contributed by atoms with Gasteiger partial charge in [0.2, 0.25) is 0 Å². The summed E-state index contributed by atoms with van der Waals surface area (Å²) in [5.74, 6) is 0. The lowest BCUT2D eigenvalue weighted by atomic mass is 9.33. The molecule has 698 valence electrons. The molecule has 0 N–H and O–H groups in total. The van der Waals surface area contributed by atoms with Crippen LogP contribution in [0.15, 0.2) is 461 Å². The maximum Gasteiger partial charge on any atom is 0.252 e. The molecule has 0 radical (unpaired) electrons. The van der Waals surface area contributed by atoms with Crippen LogP contribution in [0.3, 0.4) is 0 Å². The molecule has 8 nitrogen and oxygen atoms in total. The second-order valence-electron chi connectivity index (χ2n) is 42.1. The molecule has 0 aliphatic carbocycles. The van der Waals surface area contributed by atoms with Crippen LogP contribution in [0, 0.1) is 0 Å². The Hall–Kier alpha value is -17.9. The van der Waals surface area contributed by atoms with Gasteiger partial charge in [0.15, 0.2) is 0 Å². The summed E-state index contributed by atoms with van der Waals surface area (Å²) < 4.78 is 206. The summed E-state index contributed by atoms with van der Waals surface area (Å²) in [6.07, 6.45) is 0. The van der Waals surface area contributed by atoms with Gasteiger partial charge in [0.25, 0.3) is 6.71 Å². The van der Waals surface area contributed by atoms with E-state index >= 15 is 0 Å². The van der Waals surface area contributed by atoms with E-state index in [4.69, 9.17) is 0 Å². The normalized spacial score (nSPS) is 14.5. The maximum atomic E-state index is 12.6. The Balaban J connectivity index is 0.823. The quantitative estimate of drug-likeness (QED) is 0.114. The number of benzene rings is 21. The largest absolute Gasteiger partial charge is 0.310 e. The molecule has 21 aromatic carbocycles. The molecule has 0 saturated heterocycles. The van der Waals surface area contributed by atoms with E-state index in [0.29, 0.717) is 100 Å². The Bertz CT molecular complexity index is 10800. The minimum atomic E-state index is -1.64. The predicted molar refractivity (Wildman–Crippen MR) is 624 cm³/mol. The second kappa shape index (κ2) is 32.3. The van der Waals surface area contributed by atoms with E-state index in [1.165, 1.54) is 9.13 Å². The van der Waals surface area contributed by atoms with Crippen LogP contribution in [0.4, 0.5) is 34.1 Å². The Morgan fingerprint density at radius 2 is 0.408 bits per heavy atom. The molecule has 0 unspecified atom stereocenters. The van der Waals surface area contributed by atoms with Gasteiger partial charge in [0, 0.05) is 144 Å². The van der Waals surface area contributed by atoms with Crippen LogP contribution >= 0.6 is 0 Å². The van der Waals surface area contributed by atoms with Crippen molar-refractivity contribution in [1.29, 1.82) is 0 Å². The third-order valence-electron chi connectivity index (χ3n) is 30.4. The van der Waals surface area contributed by atoms with Gasteiger partial charge < -0.3 is 37.2 Å². The van der Waals surface area contributed by atoms with Gasteiger partial charge in [-0.2, -0.15) is 0 Å². The first-order valence-corrected chi connectivity index (χ1v) is 50.3. The molecule has 0 atom stereocenters. The fourth-order valence-corrected chi connectivity index (χ4v) is 23.4. The zero-order valence-electron chi connectivity index (χ0n) is 99.2. The highest BCUT2D eigenvalue weighted by atomic mass is 15.2. The molecule has 0 spiro atoms. The molecule has 27 aromatic rings. The fourth-order valence-electron chi connectivity index (χ4n) is 23.4. The SMILES string of the molecule is [2H]c1c([2H])c(-n2c3c([2H])c([2H])c(-n4c5ccccc5c5ccccc54)cc3c3c([2H])c(-n4c5ccccc5c5ccccc54)c([2H])c([2H])c32)c([2H])c2c1B1c3c(cc(C(C)(C)C)cc3N(c3c(-c4ccccc4)cc(C(C)(C)C)cc3-c3ccccc3)c3c([2H])c(-n4c5c([2H])c([2H])c(-n6c7ccccc7c7ccccc76)c([2H])c5c5c([2H])c(-n6c7ccccc7c7ccccc76)c([2H])c([2H])c54)c([2H])c([2H])c31)N2c1c(-c2ccccc2)cc(C(C)(C)C)cc1-c1ccccc1. The molecule has 2 aliphatic rings. The first kappa shape index (κ1) is 69.9. The molecule has 0 fully saturated rings. The zero-order chi connectivity index (χ0) is 113. The van der Waals surface area contributed by atoms with Gasteiger partial charge in [0.05, 0.1) is 101 Å². The van der Waals surface area contributed by atoms with Crippen molar-refractivity contribution in [1.82, 2.24) is 27.4 Å². The molecule has 9 heteroatoms. The van der Waals surface area contributed by atoms with Gasteiger partial charge in [0.1, 0.15) is 0 Å². The first-order chi connectivity index (χ1) is 79.0. The lowest BCUT2D eigenvalue weighted by Gasteiger charge is -2.47. The third-order valence-corrected chi connectivity index (χ3v) is 30.4. The highest BCUT2D eigenvalue weighted by Crippen LogP contribution is 2.57. The van der Waals surface area contributed by atoms with Crippen molar-refractivity contribution >= 4 is 188 Å². The second-order valence-corrected chi connectivity index (χ2v) is 42.1.